The molecule has 2 saturated carbocycles. The van der Waals surface area contributed by atoms with Gasteiger partial charge in [-0.2, -0.15) is 0 Å². The highest BCUT2D eigenvalue weighted by Gasteiger charge is 2.36. The number of hydrogen-bond donors (Lipinski definition) is 2. The van der Waals surface area contributed by atoms with Crippen LogP contribution in [0.15, 0.2) is 0 Å². The van der Waals surface area contributed by atoms with E-state index in [1.54, 1.807) is 0 Å². The first-order chi connectivity index (χ1) is 9.24. The van der Waals surface area contributed by atoms with E-state index in [1.165, 1.54) is 38.5 Å². The second-order valence-corrected chi connectivity index (χ2v) is 6.58. The summed E-state index contributed by atoms with van der Waals surface area (Å²) >= 11 is 0. The van der Waals surface area contributed by atoms with E-state index in [0.717, 1.165) is 25.3 Å². The van der Waals surface area contributed by atoms with Crippen LogP contribution in [0.4, 0.5) is 0 Å². The van der Waals surface area contributed by atoms with Crippen LogP contribution >= 0.6 is 0 Å². The van der Waals surface area contributed by atoms with Crippen LogP contribution in [0.2, 0.25) is 0 Å². The first kappa shape index (κ1) is 13.4. The zero-order valence-corrected chi connectivity index (χ0v) is 11.7. The number of nitrogens with one attached hydrogen (secondary N) is 1. The van der Waals surface area contributed by atoms with E-state index in [-0.39, 0.29) is 6.04 Å². The molecule has 3 atom stereocenters. The quantitative estimate of drug-likeness (QED) is 0.797. The van der Waals surface area contributed by atoms with Gasteiger partial charge in [-0.05, 0) is 51.0 Å². The van der Waals surface area contributed by atoms with Crippen molar-refractivity contribution in [3.8, 4) is 0 Å². The standard InChI is InChI=1S/C15H26N2O2/c18-15(19)13(16-12-7-8-12)10-17-9-3-5-11-4-1-2-6-14(11)17/h11-14,16H,1-10H2,(H,18,19)/t11-,13?,14-/m1/s1. The molecular weight excluding hydrogens is 240 g/mol. The zero-order valence-electron chi connectivity index (χ0n) is 11.7. The van der Waals surface area contributed by atoms with E-state index in [0.29, 0.717) is 18.6 Å². The molecule has 0 spiro atoms. The Morgan fingerprint density at radius 2 is 1.89 bits per heavy atom. The first-order valence-electron chi connectivity index (χ1n) is 7.97. The van der Waals surface area contributed by atoms with Crippen molar-refractivity contribution in [1.29, 1.82) is 0 Å². The van der Waals surface area contributed by atoms with Crippen LogP contribution in [0.1, 0.15) is 51.4 Å². The third-order valence-corrected chi connectivity index (χ3v) is 5.09. The SMILES string of the molecule is O=C(O)C(CN1CCC[C@H]2CCCC[C@H]21)NC1CC1. The lowest BCUT2D eigenvalue weighted by atomic mass is 9.78. The Morgan fingerprint density at radius 3 is 2.63 bits per heavy atom. The molecule has 1 saturated heterocycles. The van der Waals surface area contributed by atoms with Crippen molar-refractivity contribution in [2.45, 2.75) is 69.5 Å². The summed E-state index contributed by atoms with van der Waals surface area (Å²) in [5.74, 6) is 0.155. The van der Waals surface area contributed by atoms with Crippen molar-refractivity contribution < 1.29 is 9.90 Å². The van der Waals surface area contributed by atoms with Gasteiger partial charge in [-0.15, -0.1) is 0 Å². The molecule has 0 aromatic rings. The van der Waals surface area contributed by atoms with Gasteiger partial charge in [-0.1, -0.05) is 12.8 Å². The number of piperidine rings is 1. The molecule has 4 nitrogen and oxygen atoms in total. The molecule has 3 aliphatic rings. The van der Waals surface area contributed by atoms with Gasteiger partial charge in [0.1, 0.15) is 6.04 Å². The van der Waals surface area contributed by atoms with E-state index in [4.69, 9.17) is 0 Å². The topological polar surface area (TPSA) is 52.6 Å². The number of hydrogen-bond acceptors (Lipinski definition) is 3. The van der Waals surface area contributed by atoms with Crippen molar-refractivity contribution >= 4 is 5.97 Å². The number of likely N-dealkylation sites (tertiary alicyclic amines) is 1. The Labute approximate surface area is 115 Å². The summed E-state index contributed by atoms with van der Waals surface area (Å²) in [5.41, 5.74) is 0. The third kappa shape index (κ3) is 3.29. The predicted octanol–water partition coefficient (Wildman–Crippen LogP) is 1.85. The molecule has 1 heterocycles. The van der Waals surface area contributed by atoms with E-state index in [9.17, 15) is 9.90 Å². The summed E-state index contributed by atoms with van der Waals surface area (Å²) in [6, 6.07) is 0.756. The van der Waals surface area contributed by atoms with Crippen LogP contribution in [0, 0.1) is 5.92 Å². The number of carbonyl (C=O) groups is 1. The van der Waals surface area contributed by atoms with E-state index >= 15 is 0 Å². The summed E-state index contributed by atoms with van der Waals surface area (Å²) < 4.78 is 0. The molecule has 2 N–H and O–H groups in total. The Bertz CT molecular complexity index is 328. The molecule has 19 heavy (non-hydrogen) atoms. The first-order valence-corrected chi connectivity index (χ1v) is 7.97. The zero-order chi connectivity index (χ0) is 13.2. The summed E-state index contributed by atoms with van der Waals surface area (Å²) in [7, 11) is 0. The monoisotopic (exact) mass is 266 g/mol. The average Bonchev–Trinajstić information content (AvgIpc) is 3.22. The molecule has 0 bridgehead atoms. The maximum absolute atomic E-state index is 11.4. The molecule has 0 amide bonds. The second-order valence-electron chi connectivity index (χ2n) is 6.58. The van der Waals surface area contributed by atoms with Gasteiger partial charge in [0.2, 0.25) is 0 Å². The third-order valence-electron chi connectivity index (χ3n) is 5.09. The lowest BCUT2D eigenvalue weighted by Crippen LogP contribution is -2.54. The summed E-state index contributed by atoms with van der Waals surface area (Å²) in [6.07, 6.45) is 10.2. The van der Waals surface area contributed by atoms with Crippen molar-refractivity contribution in [3.63, 3.8) is 0 Å². The number of nitrogens with zero attached hydrogens (tertiary/aromatic N) is 1. The minimum Gasteiger partial charge on any atom is -0.480 e. The van der Waals surface area contributed by atoms with Crippen LogP contribution in [0.25, 0.3) is 0 Å². The molecule has 3 fully saturated rings. The summed E-state index contributed by atoms with van der Waals surface area (Å²) in [5, 5.41) is 12.7. The van der Waals surface area contributed by atoms with Crippen molar-refractivity contribution in [1.82, 2.24) is 10.2 Å². The van der Waals surface area contributed by atoms with E-state index < -0.39 is 5.97 Å². The Hall–Kier alpha value is -0.610. The molecule has 0 radical (unpaired) electrons. The average molecular weight is 266 g/mol. The Balaban J connectivity index is 1.60. The highest BCUT2D eigenvalue weighted by atomic mass is 16.4. The van der Waals surface area contributed by atoms with Gasteiger partial charge in [-0.3, -0.25) is 9.69 Å². The van der Waals surface area contributed by atoms with Gasteiger partial charge >= 0.3 is 5.97 Å². The Kier molecular flexibility index (Phi) is 4.08. The molecule has 2 aliphatic carbocycles. The van der Waals surface area contributed by atoms with Crippen molar-refractivity contribution in [3.05, 3.63) is 0 Å². The smallest absolute Gasteiger partial charge is 0.322 e. The fourth-order valence-electron chi connectivity index (χ4n) is 3.93. The molecule has 108 valence electrons. The normalized spacial score (nSPS) is 33.7. The largest absolute Gasteiger partial charge is 0.480 e. The number of fused-ring (bicyclic) bond motifs is 1. The number of carboxylic acids is 1. The molecule has 1 aliphatic heterocycles. The lowest BCUT2D eigenvalue weighted by Gasteiger charge is -2.45. The molecular formula is C15H26N2O2. The van der Waals surface area contributed by atoms with Crippen LogP contribution in [0.3, 0.4) is 0 Å². The Morgan fingerprint density at radius 1 is 1.16 bits per heavy atom. The van der Waals surface area contributed by atoms with E-state index in [2.05, 4.69) is 10.2 Å². The summed E-state index contributed by atoms with van der Waals surface area (Å²) in [6.45, 7) is 1.80. The lowest BCUT2D eigenvalue weighted by molar-refractivity contribution is -0.140. The molecule has 1 unspecified atom stereocenters. The van der Waals surface area contributed by atoms with Crippen LogP contribution in [0.5, 0.6) is 0 Å². The van der Waals surface area contributed by atoms with Crippen LogP contribution in [-0.4, -0.2) is 47.2 Å². The number of aliphatic carboxylic acids is 1. The highest BCUT2D eigenvalue weighted by Crippen LogP contribution is 2.35. The van der Waals surface area contributed by atoms with Gasteiger partial charge in [-0.25, -0.2) is 0 Å². The van der Waals surface area contributed by atoms with Crippen LogP contribution < -0.4 is 5.32 Å². The van der Waals surface area contributed by atoms with Crippen molar-refractivity contribution in [2.75, 3.05) is 13.1 Å². The van der Waals surface area contributed by atoms with Gasteiger partial charge < -0.3 is 10.4 Å². The fraction of sp³-hybridized carbons (Fsp3) is 0.933. The maximum Gasteiger partial charge on any atom is 0.322 e. The highest BCUT2D eigenvalue weighted by molar-refractivity contribution is 5.73. The molecule has 0 aromatic heterocycles. The van der Waals surface area contributed by atoms with Gasteiger partial charge in [0.05, 0.1) is 0 Å². The number of carboxylic acid groups (broad SMARTS) is 1. The van der Waals surface area contributed by atoms with Crippen LogP contribution in [-0.2, 0) is 4.79 Å². The molecule has 0 aromatic carbocycles. The number of rotatable bonds is 5. The minimum absolute atomic E-state index is 0.367. The molecule has 4 heteroatoms. The summed E-state index contributed by atoms with van der Waals surface area (Å²) in [4.78, 5) is 13.9. The second kappa shape index (κ2) is 5.80. The predicted molar refractivity (Wildman–Crippen MR) is 74.1 cm³/mol. The van der Waals surface area contributed by atoms with E-state index in [1.807, 2.05) is 0 Å². The maximum atomic E-state index is 11.4. The van der Waals surface area contributed by atoms with Gasteiger partial charge in [0.15, 0.2) is 0 Å². The molecule has 3 rings (SSSR count). The van der Waals surface area contributed by atoms with Crippen molar-refractivity contribution in [2.24, 2.45) is 5.92 Å². The van der Waals surface area contributed by atoms with Gasteiger partial charge in [0.25, 0.3) is 0 Å². The minimum atomic E-state index is -0.676. The van der Waals surface area contributed by atoms with Gasteiger partial charge in [0, 0.05) is 18.6 Å². The fourth-order valence-corrected chi connectivity index (χ4v) is 3.93.